The van der Waals surface area contributed by atoms with Crippen LogP contribution in [0.4, 0.5) is 0 Å². The van der Waals surface area contributed by atoms with Crippen molar-refractivity contribution < 1.29 is 14.6 Å². The number of nitrogens with one attached hydrogen (secondary N) is 1. The van der Waals surface area contributed by atoms with E-state index in [1.807, 2.05) is 6.07 Å². The van der Waals surface area contributed by atoms with Crippen LogP contribution < -0.4 is 5.32 Å². The molecule has 0 aromatic heterocycles. The molecule has 0 amide bonds. The maximum absolute atomic E-state index is 11.5. The predicted molar refractivity (Wildman–Crippen MR) is 66.3 cm³/mol. The molecule has 0 radical (unpaired) electrons. The number of carbonyl (C=O) groups excluding carboxylic acids is 1. The van der Waals surface area contributed by atoms with Crippen LogP contribution in [-0.4, -0.2) is 23.7 Å². The van der Waals surface area contributed by atoms with Gasteiger partial charge in [0, 0.05) is 6.54 Å². The summed E-state index contributed by atoms with van der Waals surface area (Å²) in [6.07, 6.45) is 0.572. The van der Waals surface area contributed by atoms with Crippen LogP contribution in [0.25, 0.3) is 0 Å². The second-order valence-electron chi connectivity index (χ2n) is 3.84. The normalized spacial score (nSPS) is 17.8. The van der Waals surface area contributed by atoms with Gasteiger partial charge in [-0.2, -0.15) is 0 Å². The molecule has 1 atom stereocenters. The first-order valence-corrected chi connectivity index (χ1v) is 5.41. The Labute approximate surface area is 106 Å². The average molecular weight is 258 g/mol. The molecule has 0 saturated heterocycles. The fraction of sp³-hybridized carbons (Fsp3) is 0.417. The lowest BCUT2D eigenvalue weighted by atomic mass is 9.95. The van der Waals surface area contributed by atoms with Crippen molar-refractivity contribution in [3.8, 4) is 5.75 Å². The van der Waals surface area contributed by atoms with E-state index in [0.29, 0.717) is 19.6 Å². The van der Waals surface area contributed by atoms with Crippen molar-refractivity contribution in [2.75, 3.05) is 6.61 Å². The maximum atomic E-state index is 11.5. The van der Waals surface area contributed by atoms with Crippen molar-refractivity contribution in [2.24, 2.45) is 0 Å². The Morgan fingerprint density at radius 3 is 3.00 bits per heavy atom. The number of benzene rings is 1. The van der Waals surface area contributed by atoms with Crippen molar-refractivity contribution in [3.63, 3.8) is 0 Å². The highest BCUT2D eigenvalue weighted by molar-refractivity contribution is 5.85. The highest BCUT2D eigenvalue weighted by atomic mass is 35.5. The number of hydrogen-bond acceptors (Lipinski definition) is 4. The molecule has 94 valence electrons. The average Bonchev–Trinajstić information content (AvgIpc) is 2.28. The monoisotopic (exact) mass is 257 g/mol. The van der Waals surface area contributed by atoms with E-state index in [2.05, 4.69) is 5.32 Å². The zero-order valence-electron chi connectivity index (χ0n) is 9.60. The molecule has 1 aromatic rings. The smallest absolute Gasteiger partial charge is 0.323 e. The summed E-state index contributed by atoms with van der Waals surface area (Å²) in [6.45, 7) is 2.82. The van der Waals surface area contributed by atoms with Crippen molar-refractivity contribution in [2.45, 2.75) is 25.9 Å². The zero-order valence-corrected chi connectivity index (χ0v) is 10.4. The minimum atomic E-state index is -0.297. The second-order valence-corrected chi connectivity index (χ2v) is 3.84. The molecule has 1 unspecified atom stereocenters. The number of halogens is 1. The molecule has 0 bridgehead atoms. The third kappa shape index (κ3) is 3.11. The topological polar surface area (TPSA) is 58.6 Å². The summed E-state index contributed by atoms with van der Waals surface area (Å²) in [6, 6.07) is 4.95. The van der Waals surface area contributed by atoms with Crippen LogP contribution in [0, 0.1) is 0 Å². The lowest BCUT2D eigenvalue weighted by Crippen LogP contribution is -2.42. The largest absolute Gasteiger partial charge is 0.508 e. The van der Waals surface area contributed by atoms with Gasteiger partial charge in [-0.05, 0) is 36.6 Å². The summed E-state index contributed by atoms with van der Waals surface area (Å²) in [4.78, 5) is 11.5. The quantitative estimate of drug-likeness (QED) is 0.787. The number of aromatic hydroxyl groups is 1. The van der Waals surface area contributed by atoms with Gasteiger partial charge in [0.1, 0.15) is 11.8 Å². The van der Waals surface area contributed by atoms with Crippen molar-refractivity contribution in [3.05, 3.63) is 29.3 Å². The molecule has 1 aromatic carbocycles. The third-order valence-electron chi connectivity index (χ3n) is 2.72. The Hall–Kier alpha value is -1.26. The lowest BCUT2D eigenvalue weighted by Gasteiger charge is -2.24. The number of hydrogen-bond donors (Lipinski definition) is 2. The Balaban J connectivity index is 0.00000144. The summed E-state index contributed by atoms with van der Waals surface area (Å²) in [5, 5.41) is 12.5. The Morgan fingerprint density at radius 1 is 1.53 bits per heavy atom. The highest BCUT2D eigenvalue weighted by Gasteiger charge is 2.25. The lowest BCUT2D eigenvalue weighted by molar-refractivity contribution is -0.145. The van der Waals surface area contributed by atoms with Crippen molar-refractivity contribution in [1.82, 2.24) is 5.32 Å². The van der Waals surface area contributed by atoms with Crippen molar-refractivity contribution >= 4 is 18.4 Å². The maximum Gasteiger partial charge on any atom is 0.323 e. The van der Waals surface area contributed by atoms with Gasteiger partial charge in [-0.15, -0.1) is 12.4 Å². The number of rotatable bonds is 2. The Bertz CT molecular complexity index is 409. The molecule has 1 aliphatic rings. The van der Waals surface area contributed by atoms with Gasteiger partial charge < -0.3 is 15.2 Å². The minimum Gasteiger partial charge on any atom is -0.508 e. The van der Waals surface area contributed by atoms with Gasteiger partial charge in [0.05, 0.1) is 6.61 Å². The van der Waals surface area contributed by atoms with Crippen molar-refractivity contribution in [1.29, 1.82) is 0 Å². The van der Waals surface area contributed by atoms with Gasteiger partial charge >= 0.3 is 5.97 Å². The van der Waals surface area contributed by atoms with Gasteiger partial charge in [0.25, 0.3) is 0 Å². The van der Waals surface area contributed by atoms with Crippen LogP contribution in [0.15, 0.2) is 18.2 Å². The first-order valence-electron chi connectivity index (χ1n) is 5.41. The predicted octanol–water partition coefficient (Wildman–Crippen LogP) is 1.39. The van der Waals surface area contributed by atoms with E-state index < -0.39 is 0 Å². The van der Waals surface area contributed by atoms with Crippen LogP contribution in [0.3, 0.4) is 0 Å². The Morgan fingerprint density at radius 2 is 2.29 bits per heavy atom. The molecular weight excluding hydrogens is 242 g/mol. The van der Waals surface area contributed by atoms with Gasteiger partial charge in [0.2, 0.25) is 0 Å². The molecule has 2 N–H and O–H groups in total. The number of fused-ring (bicyclic) bond motifs is 1. The fourth-order valence-corrected chi connectivity index (χ4v) is 1.91. The van der Waals surface area contributed by atoms with Crippen LogP contribution in [0.1, 0.15) is 18.1 Å². The van der Waals surface area contributed by atoms with E-state index >= 15 is 0 Å². The zero-order chi connectivity index (χ0) is 11.5. The number of phenolic OH excluding ortho intramolecular Hbond substituents is 1. The number of esters is 1. The summed E-state index contributed by atoms with van der Waals surface area (Å²) < 4.78 is 4.96. The molecule has 0 spiro atoms. The molecule has 17 heavy (non-hydrogen) atoms. The molecule has 0 aliphatic carbocycles. The molecule has 4 nitrogen and oxygen atoms in total. The molecule has 5 heteroatoms. The molecule has 1 aliphatic heterocycles. The fourth-order valence-electron chi connectivity index (χ4n) is 1.91. The number of carbonyl (C=O) groups is 1. The summed E-state index contributed by atoms with van der Waals surface area (Å²) >= 11 is 0. The first-order chi connectivity index (χ1) is 7.70. The molecule has 0 saturated carbocycles. The van der Waals surface area contributed by atoms with E-state index in [1.165, 1.54) is 0 Å². The van der Waals surface area contributed by atoms with Gasteiger partial charge in [0.15, 0.2) is 0 Å². The van der Waals surface area contributed by atoms with Crippen LogP contribution in [-0.2, 0) is 22.5 Å². The molecule has 1 heterocycles. The van der Waals surface area contributed by atoms with Gasteiger partial charge in [-0.3, -0.25) is 4.79 Å². The summed E-state index contributed by atoms with van der Waals surface area (Å²) in [7, 11) is 0. The SMILES string of the molecule is CCOC(=O)C1Cc2cc(O)ccc2CN1.Cl. The third-order valence-corrected chi connectivity index (χ3v) is 2.72. The first kappa shape index (κ1) is 13.8. The van der Waals surface area contributed by atoms with Crippen LogP contribution >= 0.6 is 12.4 Å². The van der Waals surface area contributed by atoms with E-state index in [1.54, 1.807) is 19.1 Å². The van der Waals surface area contributed by atoms with Crippen LogP contribution in [0.2, 0.25) is 0 Å². The van der Waals surface area contributed by atoms with E-state index in [4.69, 9.17) is 4.74 Å². The molecule has 0 fully saturated rings. The van der Waals surface area contributed by atoms with Gasteiger partial charge in [-0.1, -0.05) is 6.07 Å². The van der Waals surface area contributed by atoms with E-state index in [0.717, 1.165) is 11.1 Å². The van der Waals surface area contributed by atoms with E-state index in [-0.39, 0.29) is 30.2 Å². The van der Waals surface area contributed by atoms with Gasteiger partial charge in [-0.25, -0.2) is 0 Å². The van der Waals surface area contributed by atoms with E-state index in [9.17, 15) is 9.90 Å². The standard InChI is InChI=1S/C12H15NO3.ClH/c1-2-16-12(15)11-6-9-5-10(14)4-3-8(9)7-13-11;/h3-5,11,13-14H,2,6-7H2,1H3;1H. The number of ether oxygens (including phenoxy) is 1. The second kappa shape index (κ2) is 5.89. The number of phenols is 1. The molecular formula is C12H16ClNO3. The summed E-state index contributed by atoms with van der Waals surface area (Å²) in [5.74, 6) is 0.0137. The summed E-state index contributed by atoms with van der Waals surface area (Å²) in [5.41, 5.74) is 2.13. The molecule has 2 rings (SSSR count). The minimum absolute atomic E-state index is 0. The highest BCUT2D eigenvalue weighted by Crippen LogP contribution is 2.21. The Kier molecular flexibility index (Phi) is 4.78. The van der Waals surface area contributed by atoms with Crippen LogP contribution in [0.5, 0.6) is 5.75 Å².